The van der Waals surface area contributed by atoms with Crippen LogP contribution in [0.4, 0.5) is 15.8 Å². The van der Waals surface area contributed by atoms with E-state index in [0.717, 1.165) is 10.6 Å². The van der Waals surface area contributed by atoms with E-state index in [1.807, 2.05) is 13.0 Å². The van der Waals surface area contributed by atoms with Crippen molar-refractivity contribution < 1.29 is 18.7 Å². The number of carbonyl (C=O) groups is 2. The van der Waals surface area contributed by atoms with Crippen LogP contribution in [0.5, 0.6) is 5.75 Å². The Balaban J connectivity index is 1.54. The predicted octanol–water partition coefficient (Wildman–Crippen LogP) is 5.21. The van der Waals surface area contributed by atoms with Crippen LogP contribution >= 0.6 is 11.8 Å². The molecule has 0 spiro atoms. The molecule has 154 valence electrons. The number of hydrogen-bond donors (Lipinski definition) is 2. The van der Waals surface area contributed by atoms with Crippen LogP contribution in [0.3, 0.4) is 0 Å². The number of ether oxygens (including phenoxy) is 1. The highest BCUT2D eigenvalue weighted by atomic mass is 32.2. The Hall–Kier alpha value is -3.32. The molecule has 0 saturated carbocycles. The molecule has 30 heavy (non-hydrogen) atoms. The van der Waals surface area contributed by atoms with Crippen molar-refractivity contribution in [2.24, 2.45) is 0 Å². The van der Waals surface area contributed by atoms with E-state index < -0.39 is 11.7 Å². The van der Waals surface area contributed by atoms with E-state index in [2.05, 4.69) is 10.6 Å². The van der Waals surface area contributed by atoms with Gasteiger partial charge in [0.2, 0.25) is 5.91 Å². The quantitative estimate of drug-likeness (QED) is 0.487. The lowest BCUT2D eigenvalue weighted by Gasteiger charge is -2.09. The highest BCUT2D eigenvalue weighted by Gasteiger charge is 2.11. The third kappa shape index (κ3) is 6.09. The first-order valence-corrected chi connectivity index (χ1v) is 10.3. The smallest absolute Gasteiger partial charge is 0.258 e. The SMILES string of the molecule is CCOc1ccc(NC(=O)CSc2cccc(NC(=O)c3ccccc3F)c2)cc1. The van der Waals surface area contributed by atoms with Gasteiger partial charge in [0.15, 0.2) is 0 Å². The molecule has 0 heterocycles. The monoisotopic (exact) mass is 424 g/mol. The lowest BCUT2D eigenvalue weighted by Crippen LogP contribution is -2.14. The van der Waals surface area contributed by atoms with Gasteiger partial charge in [0.25, 0.3) is 5.91 Å². The fourth-order valence-electron chi connectivity index (χ4n) is 2.65. The number of rotatable bonds is 8. The highest BCUT2D eigenvalue weighted by molar-refractivity contribution is 8.00. The summed E-state index contributed by atoms with van der Waals surface area (Å²) in [6.07, 6.45) is 0. The van der Waals surface area contributed by atoms with Crippen molar-refractivity contribution in [2.45, 2.75) is 11.8 Å². The Bertz CT molecular complexity index is 1020. The Morgan fingerprint density at radius 1 is 0.933 bits per heavy atom. The molecule has 0 aliphatic heterocycles. The number of nitrogens with one attached hydrogen (secondary N) is 2. The standard InChI is InChI=1S/C23H21FN2O3S/c1-2-29-18-12-10-16(11-13-18)25-22(27)15-30-19-7-5-6-17(14-19)26-23(28)20-8-3-4-9-21(20)24/h3-14H,2,15H2,1H3,(H,25,27)(H,26,28). The van der Waals surface area contributed by atoms with Crippen molar-refractivity contribution in [1.29, 1.82) is 0 Å². The summed E-state index contributed by atoms with van der Waals surface area (Å²) in [5.41, 5.74) is 1.19. The van der Waals surface area contributed by atoms with Crippen LogP contribution in [0, 0.1) is 5.82 Å². The summed E-state index contributed by atoms with van der Waals surface area (Å²) in [6, 6.07) is 20.0. The molecular weight excluding hydrogens is 403 g/mol. The molecule has 5 nitrogen and oxygen atoms in total. The molecular formula is C23H21FN2O3S. The van der Waals surface area contributed by atoms with Crippen molar-refractivity contribution in [3.63, 3.8) is 0 Å². The molecule has 0 atom stereocenters. The molecule has 7 heteroatoms. The second-order valence-corrected chi connectivity index (χ2v) is 7.30. The number of hydrogen-bond acceptors (Lipinski definition) is 4. The summed E-state index contributed by atoms with van der Waals surface area (Å²) in [5, 5.41) is 5.51. The predicted molar refractivity (Wildman–Crippen MR) is 118 cm³/mol. The Labute approximate surface area is 178 Å². The van der Waals surface area contributed by atoms with E-state index in [-0.39, 0.29) is 17.2 Å². The minimum atomic E-state index is -0.577. The van der Waals surface area contributed by atoms with Crippen molar-refractivity contribution in [1.82, 2.24) is 0 Å². The molecule has 0 aliphatic rings. The van der Waals surface area contributed by atoms with Crippen LogP contribution in [-0.4, -0.2) is 24.2 Å². The number of thioether (sulfide) groups is 1. The summed E-state index contributed by atoms with van der Waals surface area (Å²) in [7, 11) is 0. The molecule has 0 aromatic heterocycles. The summed E-state index contributed by atoms with van der Waals surface area (Å²) in [4.78, 5) is 25.3. The molecule has 3 aromatic carbocycles. The normalized spacial score (nSPS) is 10.3. The fourth-order valence-corrected chi connectivity index (χ4v) is 3.41. The number of benzene rings is 3. The van der Waals surface area contributed by atoms with Crippen molar-refractivity contribution in [3.8, 4) is 5.75 Å². The molecule has 0 fully saturated rings. The first-order chi connectivity index (χ1) is 14.5. The molecule has 2 N–H and O–H groups in total. The summed E-state index contributed by atoms with van der Waals surface area (Å²) < 4.78 is 19.1. The van der Waals surface area contributed by atoms with Crippen molar-refractivity contribution in [3.05, 3.63) is 84.2 Å². The van der Waals surface area contributed by atoms with Gasteiger partial charge in [0.05, 0.1) is 17.9 Å². The van der Waals surface area contributed by atoms with Gasteiger partial charge in [-0.25, -0.2) is 4.39 Å². The maximum Gasteiger partial charge on any atom is 0.258 e. The average Bonchev–Trinajstić information content (AvgIpc) is 2.74. The molecule has 3 aromatic rings. The number of amides is 2. The van der Waals surface area contributed by atoms with Gasteiger partial charge in [0.1, 0.15) is 11.6 Å². The highest BCUT2D eigenvalue weighted by Crippen LogP contribution is 2.23. The number of halogens is 1. The van der Waals surface area contributed by atoms with E-state index in [0.29, 0.717) is 18.0 Å². The van der Waals surface area contributed by atoms with E-state index in [1.54, 1.807) is 48.5 Å². The molecule has 0 unspecified atom stereocenters. The molecule has 0 bridgehead atoms. The van der Waals surface area contributed by atoms with E-state index in [9.17, 15) is 14.0 Å². The lowest BCUT2D eigenvalue weighted by atomic mass is 10.2. The molecule has 0 radical (unpaired) electrons. The van der Waals surface area contributed by atoms with Crippen molar-refractivity contribution >= 4 is 35.0 Å². The maximum absolute atomic E-state index is 13.8. The molecule has 0 saturated heterocycles. The minimum absolute atomic E-state index is 0.0229. The maximum atomic E-state index is 13.8. The van der Waals surface area contributed by atoms with Gasteiger partial charge < -0.3 is 15.4 Å². The van der Waals surface area contributed by atoms with Crippen LogP contribution in [-0.2, 0) is 4.79 Å². The van der Waals surface area contributed by atoms with Crippen LogP contribution < -0.4 is 15.4 Å². The second kappa shape index (κ2) is 10.5. The summed E-state index contributed by atoms with van der Waals surface area (Å²) in [6.45, 7) is 2.50. The molecule has 3 rings (SSSR count). The van der Waals surface area contributed by atoms with Gasteiger partial charge in [0, 0.05) is 16.3 Å². The summed E-state index contributed by atoms with van der Waals surface area (Å²) >= 11 is 1.34. The topological polar surface area (TPSA) is 67.4 Å². The third-order valence-electron chi connectivity index (χ3n) is 4.03. The molecule has 0 aliphatic carbocycles. The first-order valence-electron chi connectivity index (χ1n) is 9.36. The van der Waals surface area contributed by atoms with Crippen LogP contribution in [0.2, 0.25) is 0 Å². The first kappa shape index (κ1) is 21.4. The van der Waals surface area contributed by atoms with Gasteiger partial charge in [-0.15, -0.1) is 11.8 Å². The third-order valence-corrected chi connectivity index (χ3v) is 5.02. The summed E-state index contributed by atoms with van der Waals surface area (Å²) in [5.74, 6) is -0.295. The zero-order valence-corrected chi connectivity index (χ0v) is 17.2. The van der Waals surface area contributed by atoms with Crippen LogP contribution in [0.25, 0.3) is 0 Å². The zero-order chi connectivity index (χ0) is 21.3. The van der Waals surface area contributed by atoms with Gasteiger partial charge in [-0.3, -0.25) is 9.59 Å². The Kier molecular flexibility index (Phi) is 7.45. The van der Waals surface area contributed by atoms with Crippen LogP contribution in [0.1, 0.15) is 17.3 Å². The van der Waals surface area contributed by atoms with Crippen molar-refractivity contribution in [2.75, 3.05) is 23.0 Å². The number of anilines is 2. The van der Waals surface area contributed by atoms with Gasteiger partial charge >= 0.3 is 0 Å². The van der Waals surface area contributed by atoms with Gasteiger partial charge in [-0.05, 0) is 61.5 Å². The average molecular weight is 424 g/mol. The van der Waals surface area contributed by atoms with Gasteiger partial charge in [-0.1, -0.05) is 18.2 Å². The van der Waals surface area contributed by atoms with E-state index >= 15 is 0 Å². The van der Waals surface area contributed by atoms with Crippen LogP contribution in [0.15, 0.2) is 77.7 Å². The van der Waals surface area contributed by atoms with E-state index in [4.69, 9.17) is 4.74 Å². The molecule has 2 amide bonds. The van der Waals surface area contributed by atoms with Gasteiger partial charge in [-0.2, -0.15) is 0 Å². The second-order valence-electron chi connectivity index (χ2n) is 6.26. The lowest BCUT2D eigenvalue weighted by molar-refractivity contribution is -0.113. The Morgan fingerprint density at radius 2 is 1.70 bits per heavy atom. The largest absolute Gasteiger partial charge is 0.494 e. The Morgan fingerprint density at radius 3 is 2.43 bits per heavy atom. The van der Waals surface area contributed by atoms with E-state index in [1.165, 1.54) is 30.0 Å². The zero-order valence-electron chi connectivity index (χ0n) is 16.4. The fraction of sp³-hybridized carbons (Fsp3) is 0.130. The minimum Gasteiger partial charge on any atom is -0.494 e. The number of carbonyl (C=O) groups excluding carboxylic acids is 2.